The van der Waals surface area contributed by atoms with E-state index in [1.807, 2.05) is 26.0 Å². The van der Waals surface area contributed by atoms with Gasteiger partial charge in [-0.1, -0.05) is 6.07 Å². The highest BCUT2D eigenvalue weighted by Crippen LogP contribution is 2.12. The van der Waals surface area contributed by atoms with E-state index in [-0.39, 0.29) is 18.0 Å². The van der Waals surface area contributed by atoms with Gasteiger partial charge in [-0.15, -0.1) is 0 Å². The Bertz CT molecular complexity index is 935. The predicted octanol–water partition coefficient (Wildman–Crippen LogP) is 3.11. The van der Waals surface area contributed by atoms with Gasteiger partial charge in [0.15, 0.2) is 5.82 Å². The normalized spacial score (nSPS) is 10.5. The van der Waals surface area contributed by atoms with Crippen LogP contribution >= 0.6 is 0 Å². The van der Waals surface area contributed by atoms with E-state index in [1.54, 1.807) is 53.6 Å². The van der Waals surface area contributed by atoms with E-state index in [2.05, 4.69) is 26.0 Å². The second kappa shape index (κ2) is 8.81. The van der Waals surface area contributed by atoms with Crippen LogP contribution in [0.5, 0.6) is 0 Å². The van der Waals surface area contributed by atoms with Crippen molar-refractivity contribution in [2.75, 3.05) is 10.6 Å². The van der Waals surface area contributed by atoms with E-state index in [1.165, 1.54) is 0 Å². The molecule has 3 rings (SSSR count). The lowest BCUT2D eigenvalue weighted by molar-refractivity contribution is 0.102. The fourth-order valence-corrected chi connectivity index (χ4v) is 2.52. The van der Waals surface area contributed by atoms with Crippen molar-refractivity contribution in [3.8, 4) is 0 Å². The number of hydrogen-bond donors (Lipinski definition) is 3. The summed E-state index contributed by atoms with van der Waals surface area (Å²) in [5.74, 6) is 0.192. The third kappa shape index (κ3) is 5.41. The number of urea groups is 1. The molecule has 0 bridgehead atoms. The van der Waals surface area contributed by atoms with Crippen LogP contribution in [-0.2, 0) is 6.54 Å². The van der Waals surface area contributed by atoms with E-state index < -0.39 is 0 Å². The zero-order valence-electron chi connectivity index (χ0n) is 15.7. The minimum atomic E-state index is -0.286. The summed E-state index contributed by atoms with van der Waals surface area (Å²) < 4.78 is 1.73. The van der Waals surface area contributed by atoms with Gasteiger partial charge in [-0.2, -0.15) is 5.10 Å². The van der Waals surface area contributed by atoms with E-state index >= 15 is 0 Å². The first-order valence-electron chi connectivity index (χ1n) is 8.91. The molecular weight excluding hydrogens is 356 g/mol. The smallest absolute Gasteiger partial charge is 0.319 e. The molecule has 28 heavy (non-hydrogen) atoms. The molecule has 0 aliphatic rings. The standard InChI is InChI=1S/C20H22N6O2/c1-14(2)22-20(28)23-17-7-5-16(6-8-17)19(27)24-18-9-11-26(25-18)13-15-4-3-10-21-12-15/h3-12,14H,13H2,1-2H3,(H2,22,23,28)(H,24,25,27). The molecule has 0 fully saturated rings. The number of amides is 3. The second-order valence-electron chi connectivity index (χ2n) is 6.54. The van der Waals surface area contributed by atoms with Gasteiger partial charge in [-0.3, -0.25) is 14.5 Å². The van der Waals surface area contributed by atoms with Gasteiger partial charge in [0.1, 0.15) is 0 Å². The van der Waals surface area contributed by atoms with Gasteiger partial charge in [-0.05, 0) is 49.7 Å². The molecule has 0 unspecified atom stereocenters. The molecule has 3 N–H and O–H groups in total. The summed E-state index contributed by atoms with van der Waals surface area (Å²) in [6.45, 7) is 4.33. The first-order valence-corrected chi connectivity index (χ1v) is 8.91. The number of pyridine rings is 1. The molecule has 2 aromatic heterocycles. The molecular formula is C20H22N6O2. The lowest BCUT2D eigenvalue weighted by atomic mass is 10.2. The average Bonchev–Trinajstić information content (AvgIpc) is 3.09. The van der Waals surface area contributed by atoms with Gasteiger partial charge in [0.2, 0.25) is 0 Å². The summed E-state index contributed by atoms with van der Waals surface area (Å²) in [7, 11) is 0. The van der Waals surface area contributed by atoms with Crippen LogP contribution in [0.4, 0.5) is 16.3 Å². The SMILES string of the molecule is CC(C)NC(=O)Nc1ccc(C(=O)Nc2ccn(Cc3cccnc3)n2)cc1. The fraction of sp³-hybridized carbons (Fsp3) is 0.200. The van der Waals surface area contributed by atoms with E-state index in [9.17, 15) is 9.59 Å². The van der Waals surface area contributed by atoms with Crippen LogP contribution in [0.1, 0.15) is 29.8 Å². The van der Waals surface area contributed by atoms with E-state index in [0.29, 0.717) is 23.6 Å². The molecule has 0 aliphatic carbocycles. The third-order valence-electron chi connectivity index (χ3n) is 3.77. The Hall–Kier alpha value is -3.68. The summed E-state index contributed by atoms with van der Waals surface area (Å²) in [6.07, 6.45) is 5.29. The number of anilines is 2. The van der Waals surface area contributed by atoms with E-state index in [4.69, 9.17) is 0 Å². The molecule has 0 aliphatic heterocycles. The van der Waals surface area contributed by atoms with Gasteiger partial charge >= 0.3 is 6.03 Å². The number of carbonyl (C=O) groups is 2. The Labute approximate surface area is 163 Å². The Morgan fingerprint density at radius 2 is 1.86 bits per heavy atom. The summed E-state index contributed by atoms with van der Waals surface area (Å²) in [5, 5.41) is 12.6. The highest BCUT2D eigenvalue weighted by atomic mass is 16.2. The first kappa shape index (κ1) is 19.1. The Morgan fingerprint density at radius 3 is 2.54 bits per heavy atom. The van der Waals surface area contributed by atoms with Gasteiger partial charge < -0.3 is 16.0 Å². The Morgan fingerprint density at radius 1 is 1.07 bits per heavy atom. The molecule has 0 atom stereocenters. The summed E-state index contributed by atoms with van der Waals surface area (Å²) >= 11 is 0. The molecule has 0 spiro atoms. The Kier molecular flexibility index (Phi) is 6.01. The largest absolute Gasteiger partial charge is 0.336 e. The van der Waals surface area contributed by atoms with Crippen LogP contribution in [0, 0.1) is 0 Å². The van der Waals surface area contributed by atoms with Gasteiger partial charge in [-0.25, -0.2) is 4.79 Å². The number of aromatic nitrogens is 3. The zero-order valence-corrected chi connectivity index (χ0v) is 15.7. The maximum atomic E-state index is 12.4. The minimum absolute atomic E-state index is 0.0445. The van der Waals surface area contributed by atoms with Crippen molar-refractivity contribution in [3.05, 3.63) is 72.2 Å². The van der Waals surface area contributed by atoms with Crippen LogP contribution in [0.25, 0.3) is 0 Å². The number of hydrogen-bond acceptors (Lipinski definition) is 4. The first-order chi connectivity index (χ1) is 13.5. The number of rotatable bonds is 6. The average molecular weight is 378 g/mol. The number of nitrogens with zero attached hydrogens (tertiary/aromatic N) is 3. The molecule has 8 nitrogen and oxygen atoms in total. The van der Waals surface area contributed by atoms with E-state index in [0.717, 1.165) is 5.56 Å². The van der Waals surface area contributed by atoms with Crippen molar-refractivity contribution < 1.29 is 9.59 Å². The predicted molar refractivity (Wildman–Crippen MR) is 107 cm³/mol. The fourth-order valence-electron chi connectivity index (χ4n) is 2.52. The van der Waals surface area contributed by atoms with Crippen molar-refractivity contribution in [1.29, 1.82) is 0 Å². The van der Waals surface area contributed by atoms with Crippen LogP contribution in [-0.4, -0.2) is 32.7 Å². The van der Waals surface area contributed by atoms with Crippen LogP contribution < -0.4 is 16.0 Å². The molecule has 1 aromatic carbocycles. The summed E-state index contributed by atoms with van der Waals surface area (Å²) in [6, 6.07) is 12.0. The summed E-state index contributed by atoms with van der Waals surface area (Å²) in [4.78, 5) is 28.2. The maximum Gasteiger partial charge on any atom is 0.319 e. The molecule has 0 saturated carbocycles. The van der Waals surface area contributed by atoms with Gasteiger partial charge in [0.05, 0.1) is 6.54 Å². The van der Waals surface area contributed by atoms with Crippen molar-refractivity contribution in [2.45, 2.75) is 26.4 Å². The molecule has 2 heterocycles. The lowest BCUT2D eigenvalue weighted by Crippen LogP contribution is -2.34. The number of carbonyl (C=O) groups excluding carboxylic acids is 2. The third-order valence-corrected chi connectivity index (χ3v) is 3.77. The molecule has 8 heteroatoms. The highest BCUT2D eigenvalue weighted by Gasteiger charge is 2.09. The van der Waals surface area contributed by atoms with Gasteiger partial charge in [0.25, 0.3) is 5.91 Å². The Balaban J connectivity index is 1.57. The molecule has 3 aromatic rings. The number of nitrogens with one attached hydrogen (secondary N) is 3. The van der Waals surface area contributed by atoms with Crippen LogP contribution in [0.2, 0.25) is 0 Å². The van der Waals surface area contributed by atoms with Crippen molar-refractivity contribution in [3.63, 3.8) is 0 Å². The van der Waals surface area contributed by atoms with Crippen molar-refractivity contribution in [2.24, 2.45) is 0 Å². The topological polar surface area (TPSA) is 101 Å². The highest BCUT2D eigenvalue weighted by molar-refractivity contribution is 6.04. The lowest BCUT2D eigenvalue weighted by Gasteiger charge is -2.10. The summed E-state index contributed by atoms with van der Waals surface area (Å²) in [5.41, 5.74) is 2.10. The monoisotopic (exact) mass is 378 g/mol. The van der Waals surface area contributed by atoms with Gasteiger partial charge in [0, 0.05) is 41.9 Å². The number of benzene rings is 1. The van der Waals surface area contributed by atoms with Crippen LogP contribution in [0.3, 0.4) is 0 Å². The molecule has 144 valence electrons. The maximum absolute atomic E-state index is 12.4. The van der Waals surface area contributed by atoms with Crippen molar-refractivity contribution in [1.82, 2.24) is 20.1 Å². The minimum Gasteiger partial charge on any atom is -0.336 e. The molecule has 0 saturated heterocycles. The quantitative estimate of drug-likeness (QED) is 0.613. The van der Waals surface area contributed by atoms with Crippen LogP contribution in [0.15, 0.2) is 61.1 Å². The molecule has 0 radical (unpaired) electrons. The zero-order chi connectivity index (χ0) is 19.9. The van der Waals surface area contributed by atoms with Crippen molar-refractivity contribution >= 4 is 23.4 Å². The molecule has 3 amide bonds. The second-order valence-corrected chi connectivity index (χ2v) is 6.54.